The minimum atomic E-state index is -0.109. The standard InChI is InChI=1S/C15H25NO2/c1-12(10-15(2,3)18-5)16-14-9-7-6-8-13(14)11-17-4/h6-9,12,16H,10-11H2,1-5H3. The van der Waals surface area contributed by atoms with Crippen LogP contribution in [0.2, 0.25) is 0 Å². The Morgan fingerprint density at radius 2 is 1.89 bits per heavy atom. The van der Waals surface area contributed by atoms with Gasteiger partial charge >= 0.3 is 0 Å². The maximum Gasteiger partial charge on any atom is 0.0733 e. The van der Waals surface area contributed by atoms with E-state index in [0.717, 1.165) is 12.1 Å². The van der Waals surface area contributed by atoms with Crippen molar-refractivity contribution in [2.45, 2.75) is 45.4 Å². The predicted molar refractivity (Wildman–Crippen MR) is 75.9 cm³/mol. The lowest BCUT2D eigenvalue weighted by atomic mass is 9.99. The van der Waals surface area contributed by atoms with Gasteiger partial charge in [-0.05, 0) is 33.3 Å². The smallest absolute Gasteiger partial charge is 0.0733 e. The fourth-order valence-electron chi connectivity index (χ4n) is 2.08. The molecule has 0 radical (unpaired) electrons. The van der Waals surface area contributed by atoms with Crippen LogP contribution in [0.4, 0.5) is 5.69 Å². The van der Waals surface area contributed by atoms with Gasteiger partial charge in [-0.3, -0.25) is 0 Å². The molecule has 3 heteroatoms. The van der Waals surface area contributed by atoms with Gasteiger partial charge in [0.05, 0.1) is 12.2 Å². The van der Waals surface area contributed by atoms with Crippen molar-refractivity contribution in [3.05, 3.63) is 29.8 Å². The van der Waals surface area contributed by atoms with Gasteiger partial charge in [0, 0.05) is 31.5 Å². The highest BCUT2D eigenvalue weighted by Gasteiger charge is 2.20. The number of benzene rings is 1. The normalized spacial score (nSPS) is 13.4. The van der Waals surface area contributed by atoms with Crippen LogP contribution in [0.5, 0.6) is 0 Å². The van der Waals surface area contributed by atoms with Crippen molar-refractivity contribution in [2.24, 2.45) is 0 Å². The lowest BCUT2D eigenvalue weighted by Gasteiger charge is -2.28. The summed E-state index contributed by atoms with van der Waals surface area (Å²) in [6.45, 7) is 7.01. The molecule has 1 aromatic carbocycles. The lowest BCUT2D eigenvalue weighted by molar-refractivity contribution is 0.0128. The highest BCUT2D eigenvalue weighted by Crippen LogP contribution is 2.21. The van der Waals surface area contributed by atoms with E-state index in [4.69, 9.17) is 9.47 Å². The average Bonchev–Trinajstić information content (AvgIpc) is 2.31. The predicted octanol–water partition coefficient (Wildman–Crippen LogP) is 3.45. The second kappa shape index (κ2) is 6.76. The third kappa shape index (κ3) is 4.67. The summed E-state index contributed by atoms with van der Waals surface area (Å²) >= 11 is 0. The largest absolute Gasteiger partial charge is 0.382 e. The Hall–Kier alpha value is -1.06. The third-order valence-corrected chi connectivity index (χ3v) is 3.07. The van der Waals surface area contributed by atoms with Crippen molar-refractivity contribution >= 4 is 5.69 Å². The van der Waals surface area contributed by atoms with Crippen LogP contribution >= 0.6 is 0 Å². The maximum absolute atomic E-state index is 5.46. The Labute approximate surface area is 110 Å². The Morgan fingerprint density at radius 1 is 1.22 bits per heavy atom. The number of hydrogen-bond donors (Lipinski definition) is 1. The molecule has 0 saturated carbocycles. The number of hydrogen-bond acceptors (Lipinski definition) is 3. The van der Waals surface area contributed by atoms with Crippen molar-refractivity contribution in [2.75, 3.05) is 19.5 Å². The molecule has 0 fully saturated rings. The van der Waals surface area contributed by atoms with Crippen LogP contribution in [-0.2, 0) is 16.1 Å². The number of para-hydroxylation sites is 1. The fraction of sp³-hybridized carbons (Fsp3) is 0.600. The number of nitrogens with one attached hydrogen (secondary N) is 1. The number of anilines is 1. The third-order valence-electron chi connectivity index (χ3n) is 3.07. The van der Waals surface area contributed by atoms with Crippen molar-refractivity contribution < 1.29 is 9.47 Å². The van der Waals surface area contributed by atoms with Crippen LogP contribution in [0.1, 0.15) is 32.8 Å². The zero-order valence-corrected chi connectivity index (χ0v) is 12.1. The van der Waals surface area contributed by atoms with E-state index >= 15 is 0 Å². The second-order valence-corrected chi connectivity index (χ2v) is 5.30. The van der Waals surface area contributed by atoms with E-state index in [1.165, 1.54) is 5.56 Å². The molecule has 0 aliphatic carbocycles. The molecule has 0 bridgehead atoms. The topological polar surface area (TPSA) is 30.5 Å². The van der Waals surface area contributed by atoms with Crippen LogP contribution < -0.4 is 5.32 Å². The van der Waals surface area contributed by atoms with E-state index in [1.54, 1.807) is 14.2 Å². The van der Waals surface area contributed by atoms with Crippen LogP contribution in [0, 0.1) is 0 Å². The Bertz CT molecular complexity index is 363. The molecular formula is C15H25NO2. The maximum atomic E-state index is 5.46. The van der Waals surface area contributed by atoms with Gasteiger partial charge < -0.3 is 14.8 Å². The van der Waals surface area contributed by atoms with E-state index in [1.807, 2.05) is 12.1 Å². The van der Waals surface area contributed by atoms with E-state index < -0.39 is 0 Å². The van der Waals surface area contributed by atoms with Crippen molar-refractivity contribution in [1.82, 2.24) is 0 Å². The minimum absolute atomic E-state index is 0.109. The molecule has 18 heavy (non-hydrogen) atoms. The number of ether oxygens (including phenoxy) is 2. The summed E-state index contributed by atoms with van der Waals surface area (Å²) in [5.41, 5.74) is 2.21. The summed E-state index contributed by atoms with van der Waals surface area (Å²) in [5.74, 6) is 0. The van der Waals surface area contributed by atoms with E-state index in [-0.39, 0.29) is 5.60 Å². The van der Waals surface area contributed by atoms with Crippen molar-refractivity contribution in [3.63, 3.8) is 0 Å². The molecule has 1 N–H and O–H groups in total. The molecule has 0 amide bonds. The van der Waals surface area contributed by atoms with Crippen molar-refractivity contribution in [1.29, 1.82) is 0 Å². The SMILES string of the molecule is COCc1ccccc1NC(C)CC(C)(C)OC. The summed E-state index contributed by atoms with van der Waals surface area (Å²) in [5, 5.41) is 3.53. The molecule has 0 saturated heterocycles. The first kappa shape index (κ1) is 15.0. The monoisotopic (exact) mass is 251 g/mol. The molecular weight excluding hydrogens is 226 g/mol. The highest BCUT2D eigenvalue weighted by molar-refractivity contribution is 5.51. The first-order chi connectivity index (χ1) is 8.48. The van der Waals surface area contributed by atoms with Crippen LogP contribution in [-0.4, -0.2) is 25.9 Å². The van der Waals surface area contributed by atoms with Gasteiger partial charge in [-0.15, -0.1) is 0 Å². The van der Waals surface area contributed by atoms with Gasteiger partial charge in [-0.2, -0.15) is 0 Å². The molecule has 1 unspecified atom stereocenters. The van der Waals surface area contributed by atoms with Crippen molar-refractivity contribution in [3.8, 4) is 0 Å². The Kier molecular flexibility index (Phi) is 5.63. The molecule has 1 atom stereocenters. The molecule has 1 rings (SSSR count). The van der Waals surface area contributed by atoms with Gasteiger partial charge in [0.1, 0.15) is 0 Å². The molecule has 0 aliphatic heterocycles. The van der Waals surface area contributed by atoms with Crippen LogP contribution in [0.3, 0.4) is 0 Å². The lowest BCUT2D eigenvalue weighted by Crippen LogP contribution is -2.31. The highest BCUT2D eigenvalue weighted by atomic mass is 16.5. The van der Waals surface area contributed by atoms with Gasteiger partial charge in [0.2, 0.25) is 0 Å². The summed E-state index contributed by atoms with van der Waals surface area (Å²) in [6.07, 6.45) is 0.949. The molecule has 1 aromatic rings. The fourth-order valence-corrected chi connectivity index (χ4v) is 2.08. The zero-order chi connectivity index (χ0) is 13.6. The van der Waals surface area contributed by atoms with Gasteiger partial charge in [-0.25, -0.2) is 0 Å². The minimum Gasteiger partial charge on any atom is -0.382 e. The van der Waals surface area contributed by atoms with E-state index in [9.17, 15) is 0 Å². The van der Waals surface area contributed by atoms with Gasteiger partial charge in [0.25, 0.3) is 0 Å². The Balaban J connectivity index is 2.66. The summed E-state index contributed by atoms with van der Waals surface area (Å²) in [4.78, 5) is 0. The molecule has 3 nitrogen and oxygen atoms in total. The first-order valence-corrected chi connectivity index (χ1v) is 6.37. The quantitative estimate of drug-likeness (QED) is 0.805. The number of rotatable bonds is 7. The zero-order valence-electron chi connectivity index (χ0n) is 12.1. The molecule has 0 spiro atoms. The van der Waals surface area contributed by atoms with Crippen LogP contribution in [0.25, 0.3) is 0 Å². The molecule has 0 heterocycles. The summed E-state index contributed by atoms with van der Waals surface area (Å²) in [6, 6.07) is 8.59. The van der Waals surface area contributed by atoms with E-state index in [0.29, 0.717) is 12.6 Å². The second-order valence-electron chi connectivity index (χ2n) is 5.30. The summed E-state index contributed by atoms with van der Waals surface area (Å²) in [7, 11) is 3.47. The molecule has 102 valence electrons. The Morgan fingerprint density at radius 3 is 2.50 bits per heavy atom. The van der Waals surface area contributed by atoms with Gasteiger partial charge in [0.15, 0.2) is 0 Å². The number of methoxy groups -OCH3 is 2. The van der Waals surface area contributed by atoms with E-state index in [2.05, 4.69) is 38.2 Å². The van der Waals surface area contributed by atoms with Crippen LogP contribution in [0.15, 0.2) is 24.3 Å². The average molecular weight is 251 g/mol. The first-order valence-electron chi connectivity index (χ1n) is 6.37. The van der Waals surface area contributed by atoms with Gasteiger partial charge in [-0.1, -0.05) is 18.2 Å². The molecule has 0 aromatic heterocycles. The molecule has 0 aliphatic rings. The summed E-state index contributed by atoms with van der Waals surface area (Å²) < 4.78 is 10.7.